The lowest BCUT2D eigenvalue weighted by molar-refractivity contribution is -0.118. The molecule has 0 aliphatic carbocycles. The fraction of sp³-hybridized carbons (Fsp3) is 0.264. The van der Waals surface area contributed by atoms with E-state index in [-0.39, 0.29) is 41.5 Å². The predicted octanol–water partition coefficient (Wildman–Crippen LogP) is 17.7. The fourth-order valence-corrected chi connectivity index (χ4v) is 13.8. The lowest BCUT2D eigenvalue weighted by atomic mass is 9.86. The molecule has 10 rings (SSSR count). The Bertz CT molecular complexity index is 4830. The van der Waals surface area contributed by atoms with Gasteiger partial charge in [-0.2, -0.15) is 16.8 Å². The number of benzene rings is 10. The molecule has 0 radical (unpaired) electrons. The van der Waals surface area contributed by atoms with E-state index in [0.29, 0.717) is 35.3 Å². The van der Waals surface area contributed by atoms with E-state index in [2.05, 4.69) is 193 Å². The second kappa shape index (κ2) is 33.3. The van der Waals surface area contributed by atoms with Crippen LogP contribution in [0.5, 0.6) is 0 Å². The van der Waals surface area contributed by atoms with Crippen molar-refractivity contribution >= 4 is 55.2 Å². The molecule has 0 unspecified atom stereocenters. The van der Waals surface area contributed by atoms with Gasteiger partial charge in [-0.15, -0.1) is 0 Å². The van der Waals surface area contributed by atoms with Gasteiger partial charge in [-0.3, -0.25) is 27.9 Å². The average Bonchev–Trinajstić information content (AvgIpc) is 0.819. The Morgan fingerprint density at radius 1 is 0.398 bits per heavy atom. The summed E-state index contributed by atoms with van der Waals surface area (Å²) in [4.78, 5) is 53.3. The molecule has 16 heteroatoms. The second-order valence-electron chi connectivity index (χ2n) is 28.7. The molecule has 10 aromatic rings. The number of amides is 4. The first-order valence-electron chi connectivity index (χ1n) is 34.6. The summed E-state index contributed by atoms with van der Waals surface area (Å²) >= 11 is 0. The van der Waals surface area contributed by atoms with E-state index in [0.717, 1.165) is 62.7 Å². The molecular weight excluding hydrogens is 1330 g/mol. The van der Waals surface area contributed by atoms with Crippen LogP contribution in [0.2, 0.25) is 0 Å². The van der Waals surface area contributed by atoms with Gasteiger partial charge in [0.05, 0.1) is 30.5 Å². The number of anilines is 2. The van der Waals surface area contributed by atoms with Crippen LogP contribution in [0, 0.1) is 41.5 Å². The summed E-state index contributed by atoms with van der Waals surface area (Å²) in [5, 5.41) is 11.4. The monoisotopic (exact) mass is 1420 g/mol. The summed E-state index contributed by atoms with van der Waals surface area (Å²) in [6, 6.07) is 71.9. The van der Waals surface area contributed by atoms with Crippen molar-refractivity contribution in [3.63, 3.8) is 0 Å². The standard InChI is InChI=1S/C44H48N2O5S.C43H46N2O5S/c1-29-26-30(2)41(31(3)27-29)36-18-22-39(23-19-36)46-43(48)40(28-32-8-10-37(11-9-32)42(47)45-24-25-52(49,50)51-7)35-14-12-33(13-15-35)34-16-20-38(21-17-34)44(4,5)6;1-28-25-29(2)40(30(3)26-28)35-17-21-38(22-18-35)45-42(47)39(27-31-7-9-36(10-8-31)41(46)44-23-24-51(48,49)50)34-13-11-32(12-14-34)33-15-19-37(20-16-33)43(4,5)6/h8-23,26-27,40H,24-25,28H2,1-7H3,(H,45,47)(H,46,48);7-22,25-26,39H,23-24,27H2,1-6H3,(H,44,46)(H,45,47)(H,48,49,50)/t40-;39-/m11/s1. The molecular formula is C87H94N4O10S2. The molecule has 0 spiro atoms. The third-order valence-corrected chi connectivity index (χ3v) is 20.4. The Hall–Kier alpha value is -10.1. The molecule has 0 saturated heterocycles. The van der Waals surface area contributed by atoms with Crippen LogP contribution in [0.15, 0.2) is 218 Å². The highest BCUT2D eigenvalue weighted by Gasteiger charge is 2.26. The quantitative estimate of drug-likeness (QED) is 0.0302. The smallest absolute Gasteiger partial charge is 0.268 e. The Kier molecular flexibility index (Phi) is 25.0. The summed E-state index contributed by atoms with van der Waals surface area (Å²) in [6.45, 7) is 25.6. The number of carbonyl (C=O) groups is 4. The average molecular weight is 1420 g/mol. The van der Waals surface area contributed by atoms with Crippen molar-refractivity contribution < 1.29 is 44.7 Å². The van der Waals surface area contributed by atoms with E-state index in [1.54, 1.807) is 36.4 Å². The lowest BCUT2D eigenvalue weighted by Crippen LogP contribution is -2.29. The zero-order chi connectivity index (χ0) is 74.6. The van der Waals surface area contributed by atoms with Crippen molar-refractivity contribution in [1.82, 2.24) is 10.6 Å². The molecule has 14 nitrogen and oxygen atoms in total. The number of carbonyl (C=O) groups excluding carboxylic acids is 4. The maximum absolute atomic E-state index is 14.1. The number of aryl methyl sites for hydroxylation is 6. The molecule has 0 saturated carbocycles. The molecule has 0 aliphatic rings. The van der Waals surface area contributed by atoms with Gasteiger partial charge >= 0.3 is 0 Å². The lowest BCUT2D eigenvalue weighted by Gasteiger charge is -2.20. The molecule has 5 N–H and O–H groups in total. The van der Waals surface area contributed by atoms with Crippen molar-refractivity contribution in [2.75, 3.05) is 42.3 Å². The van der Waals surface area contributed by atoms with Crippen molar-refractivity contribution in [3.8, 4) is 44.5 Å². The number of hydrogen-bond donors (Lipinski definition) is 5. The van der Waals surface area contributed by atoms with E-state index in [1.807, 2.05) is 97.1 Å². The van der Waals surface area contributed by atoms with E-state index in [9.17, 15) is 36.0 Å². The van der Waals surface area contributed by atoms with E-state index < -0.39 is 49.6 Å². The molecule has 534 valence electrons. The SMILES string of the molecule is COS(=O)(=O)CCNC(=O)c1ccc(C[C@@H](C(=O)Nc2ccc(-c3c(C)cc(C)cc3C)cc2)c2ccc(-c3ccc(C(C)(C)C)cc3)cc2)cc1.Cc1cc(C)c(-c2ccc(NC(=O)[C@H](Cc3ccc(C(=O)NCCS(=O)(=O)O)cc3)c3ccc(-c4ccc(C(C)(C)C)cc4)cc3)cc2)c(C)c1. The van der Waals surface area contributed by atoms with Crippen molar-refractivity contribution in [2.45, 2.75) is 119 Å². The summed E-state index contributed by atoms with van der Waals surface area (Å²) in [6.07, 6.45) is 0.787. The molecule has 0 heterocycles. The summed E-state index contributed by atoms with van der Waals surface area (Å²) in [5.74, 6) is -3.07. The minimum Gasteiger partial charge on any atom is -0.351 e. The van der Waals surface area contributed by atoms with Crippen molar-refractivity contribution in [3.05, 3.63) is 296 Å². The topological polar surface area (TPSA) is 214 Å². The van der Waals surface area contributed by atoms with Gasteiger partial charge in [-0.1, -0.05) is 223 Å². The predicted molar refractivity (Wildman–Crippen MR) is 418 cm³/mol. The van der Waals surface area contributed by atoms with Gasteiger partial charge in [0, 0.05) is 35.6 Å². The minimum absolute atomic E-state index is 0.0624. The molecule has 0 aromatic heterocycles. The largest absolute Gasteiger partial charge is 0.351 e. The van der Waals surface area contributed by atoms with Crippen LogP contribution in [-0.4, -0.2) is 76.7 Å². The van der Waals surface area contributed by atoms with Gasteiger partial charge in [-0.05, 0) is 214 Å². The first-order valence-corrected chi connectivity index (χ1v) is 37.8. The summed E-state index contributed by atoms with van der Waals surface area (Å²) in [7, 11) is -6.76. The minimum atomic E-state index is -4.18. The third-order valence-electron chi connectivity index (χ3n) is 18.5. The first kappa shape index (κ1) is 77.1. The highest BCUT2D eigenvalue weighted by molar-refractivity contribution is 7.86. The van der Waals surface area contributed by atoms with Crippen molar-refractivity contribution in [1.29, 1.82) is 0 Å². The van der Waals surface area contributed by atoms with E-state index in [4.69, 9.17) is 4.55 Å². The summed E-state index contributed by atoms with van der Waals surface area (Å²) < 4.78 is 58.6. The Balaban J connectivity index is 0.000000239. The van der Waals surface area contributed by atoms with Gasteiger partial charge in [0.1, 0.15) is 0 Å². The van der Waals surface area contributed by atoms with Gasteiger partial charge in [0.25, 0.3) is 32.1 Å². The maximum atomic E-state index is 14.1. The van der Waals surface area contributed by atoms with Gasteiger partial charge < -0.3 is 21.3 Å². The number of rotatable bonds is 23. The Morgan fingerprint density at radius 2 is 0.689 bits per heavy atom. The van der Waals surface area contributed by atoms with E-state index in [1.165, 1.54) is 55.6 Å². The zero-order valence-corrected chi connectivity index (χ0v) is 62.8. The van der Waals surface area contributed by atoms with Crippen LogP contribution in [0.1, 0.15) is 141 Å². The Labute approximate surface area is 608 Å². The maximum Gasteiger partial charge on any atom is 0.268 e. The van der Waals surface area contributed by atoms with Crippen LogP contribution < -0.4 is 21.3 Å². The normalized spacial score (nSPS) is 12.3. The fourth-order valence-electron chi connectivity index (χ4n) is 13.0. The molecule has 103 heavy (non-hydrogen) atoms. The molecule has 10 aromatic carbocycles. The first-order chi connectivity index (χ1) is 48.7. The molecule has 0 aliphatic heterocycles. The number of nitrogens with one attached hydrogen (secondary N) is 4. The van der Waals surface area contributed by atoms with Crippen LogP contribution in [0.25, 0.3) is 44.5 Å². The van der Waals surface area contributed by atoms with Gasteiger partial charge in [0.15, 0.2) is 0 Å². The Morgan fingerprint density at radius 3 is 0.981 bits per heavy atom. The van der Waals surface area contributed by atoms with Gasteiger partial charge in [-0.25, -0.2) is 0 Å². The van der Waals surface area contributed by atoms with Crippen LogP contribution in [0.3, 0.4) is 0 Å². The molecule has 4 amide bonds. The number of hydrogen-bond acceptors (Lipinski definition) is 9. The van der Waals surface area contributed by atoms with E-state index >= 15 is 0 Å². The summed E-state index contributed by atoms with van der Waals surface area (Å²) in [5.41, 5.74) is 24.5. The van der Waals surface area contributed by atoms with Crippen LogP contribution >= 0.6 is 0 Å². The van der Waals surface area contributed by atoms with Crippen LogP contribution in [0.4, 0.5) is 11.4 Å². The molecule has 2 atom stereocenters. The van der Waals surface area contributed by atoms with Crippen molar-refractivity contribution in [2.24, 2.45) is 0 Å². The van der Waals surface area contributed by atoms with Gasteiger partial charge in [0.2, 0.25) is 11.8 Å². The zero-order valence-electron chi connectivity index (χ0n) is 61.1. The highest BCUT2D eigenvalue weighted by Crippen LogP contribution is 2.35. The molecule has 0 fully saturated rings. The molecule has 0 bridgehead atoms. The highest BCUT2D eigenvalue weighted by atomic mass is 32.2. The van der Waals surface area contributed by atoms with Crippen LogP contribution in [-0.2, 0) is 57.7 Å². The second-order valence-corrected chi connectivity index (χ2v) is 32.1. The third kappa shape index (κ3) is 21.3.